The van der Waals surface area contributed by atoms with E-state index in [1.807, 2.05) is 54.6 Å². The van der Waals surface area contributed by atoms with Crippen LogP contribution in [0.5, 0.6) is 0 Å². The van der Waals surface area contributed by atoms with Gasteiger partial charge in [-0.05, 0) is 34.4 Å². The zero-order chi connectivity index (χ0) is 22.6. The molecule has 0 radical (unpaired) electrons. The summed E-state index contributed by atoms with van der Waals surface area (Å²) in [6.07, 6.45) is 0.391. The second kappa shape index (κ2) is 9.32. The van der Waals surface area contributed by atoms with Crippen LogP contribution in [0.4, 0.5) is 4.39 Å². The molecule has 0 aromatic heterocycles. The predicted octanol–water partition coefficient (Wildman–Crippen LogP) is 3.36. The molecule has 164 valence electrons. The van der Waals surface area contributed by atoms with Crippen LogP contribution in [0.25, 0.3) is 11.1 Å². The molecular weight excluding hydrogens is 407 g/mol. The summed E-state index contributed by atoms with van der Waals surface area (Å²) in [4.78, 5) is 27.0. The molecule has 2 N–H and O–H groups in total. The maximum atomic E-state index is 13.1. The summed E-state index contributed by atoms with van der Waals surface area (Å²) >= 11 is 0. The van der Waals surface area contributed by atoms with E-state index in [2.05, 4.69) is 0 Å². The minimum atomic E-state index is -1.30. The molecule has 4 rings (SSSR count). The Kier molecular flexibility index (Phi) is 6.32. The number of nitrogens with two attached hydrogens (primary N) is 1. The molecule has 0 bridgehead atoms. The van der Waals surface area contributed by atoms with Crippen molar-refractivity contribution in [1.82, 2.24) is 4.90 Å². The molecule has 2 amide bonds. The third kappa shape index (κ3) is 4.86. The Morgan fingerprint density at radius 3 is 2.38 bits per heavy atom. The monoisotopic (exact) mass is 432 g/mol. The minimum absolute atomic E-state index is 0.0813. The Morgan fingerprint density at radius 2 is 1.66 bits per heavy atom. The number of halogens is 1. The van der Waals surface area contributed by atoms with Crippen LogP contribution < -0.4 is 5.73 Å². The smallest absolute Gasteiger partial charge is 0.251 e. The highest BCUT2D eigenvalue weighted by Crippen LogP contribution is 2.27. The van der Waals surface area contributed by atoms with Gasteiger partial charge in [0.05, 0.1) is 19.6 Å². The highest BCUT2D eigenvalue weighted by molar-refractivity contribution is 5.86. The zero-order valence-corrected chi connectivity index (χ0v) is 17.7. The summed E-state index contributed by atoms with van der Waals surface area (Å²) in [5, 5.41) is 0. The molecule has 1 saturated heterocycles. The third-order valence-electron chi connectivity index (χ3n) is 5.78. The van der Waals surface area contributed by atoms with Crippen molar-refractivity contribution in [2.45, 2.75) is 18.4 Å². The lowest BCUT2D eigenvalue weighted by atomic mass is 9.90. The van der Waals surface area contributed by atoms with Gasteiger partial charge < -0.3 is 15.4 Å². The molecule has 0 unspecified atom stereocenters. The van der Waals surface area contributed by atoms with E-state index in [-0.39, 0.29) is 37.7 Å². The standard InChI is InChI=1S/C26H25FN2O3/c27-23-11-9-19(10-12-23)16-24(30)29-13-14-32-26(18-29,25(28)31)17-20-5-4-8-22(15-20)21-6-2-1-3-7-21/h1-12,15H,13-14,16-18H2,(H2,28,31)/t26-/m0/s1. The molecule has 1 aliphatic rings. The largest absolute Gasteiger partial charge is 0.367 e. The molecule has 3 aromatic carbocycles. The summed E-state index contributed by atoms with van der Waals surface area (Å²) < 4.78 is 19.1. The number of carbonyl (C=O) groups is 2. The Labute approximate surface area is 186 Å². The average Bonchev–Trinajstić information content (AvgIpc) is 2.81. The lowest BCUT2D eigenvalue weighted by Crippen LogP contribution is -2.61. The fourth-order valence-corrected chi connectivity index (χ4v) is 4.05. The van der Waals surface area contributed by atoms with Crippen LogP contribution in [0.1, 0.15) is 11.1 Å². The molecule has 5 nitrogen and oxygen atoms in total. The molecule has 1 aliphatic heterocycles. The fourth-order valence-electron chi connectivity index (χ4n) is 4.05. The van der Waals surface area contributed by atoms with Crippen molar-refractivity contribution in [3.63, 3.8) is 0 Å². The second-order valence-corrected chi connectivity index (χ2v) is 8.07. The van der Waals surface area contributed by atoms with Gasteiger partial charge in [-0.15, -0.1) is 0 Å². The van der Waals surface area contributed by atoms with Gasteiger partial charge in [0.15, 0.2) is 5.60 Å². The summed E-state index contributed by atoms with van der Waals surface area (Å²) in [7, 11) is 0. The lowest BCUT2D eigenvalue weighted by molar-refractivity contribution is -0.163. The van der Waals surface area contributed by atoms with Crippen molar-refractivity contribution in [3.8, 4) is 11.1 Å². The third-order valence-corrected chi connectivity index (χ3v) is 5.78. The molecule has 1 heterocycles. The van der Waals surface area contributed by atoms with E-state index >= 15 is 0 Å². The van der Waals surface area contributed by atoms with Crippen molar-refractivity contribution < 1.29 is 18.7 Å². The number of nitrogens with zero attached hydrogens (tertiary/aromatic N) is 1. The summed E-state index contributed by atoms with van der Waals surface area (Å²) in [6.45, 7) is 0.674. The van der Waals surface area contributed by atoms with Gasteiger partial charge in [-0.3, -0.25) is 9.59 Å². The Hall–Kier alpha value is -3.51. The predicted molar refractivity (Wildman–Crippen MR) is 120 cm³/mol. The van der Waals surface area contributed by atoms with Crippen molar-refractivity contribution in [2.24, 2.45) is 5.73 Å². The molecule has 0 spiro atoms. The first kappa shape index (κ1) is 21.7. The van der Waals surface area contributed by atoms with Crippen LogP contribution in [0, 0.1) is 5.82 Å². The van der Waals surface area contributed by atoms with E-state index in [0.717, 1.165) is 16.7 Å². The number of hydrogen-bond acceptors (Lipinski definition) is 3. The van der Waals surface area contributed by atoms with Gasteiger partial charge in [-0.2, -0.15) is 0 Å². The van der Waals surface area contributed by atoms with Crippen LogP contribution in [0.3, 0.4) is 0 Å². The second-order valence-electron chi connectivity index (χ2n) is 8.07. The van der Waals surface area contributed by atoms with E-state index in [1.54, 1.807) is 17.0 Å². The van der Waals surface area contributed by atoms with Gasteiger partial charge >= 0.3 is 0 Å². The Bertz CT molecular complexity index is 1100. The zero-order valence-electron chi connectivity index (χ0n) is 17.7. The molecule has 32 heavy (non-hydrogen) atoms. The van der Waals surface area contributed by atoms with Crippen LogP contribution in [-0.4, -0.2) is 42.0 Å². The number of hydrogen-bond donors (Lipinski definition) is 1. The van der Waals surface area contributed by atoms with Gasteiger partial charge in [0.1, 0.15) is 5.82 Å². The molecule has 1 fully saturated rings. The number of primary amides is 1. The lowest BCUT2D eigenvalue weighted by Gasteiger charge is -2.41. The fraction of sp³-hybridized carbons (Fsp3) is 0.231. The van der Waals surface area contributed by atoms with Gasteiger partial charge in [0, 0.05) is 13.0 Å². The first-order chi connectivity index (χ1) is 15.4. The van der Waals surface area contributed by atoms with Crippen molar-refractivity contribution in [2.75, 3.05) is 19.7 Å². The summed E-state index contributed by atoms with van der Waals surface area (Å²) in [6, 6.07) is 23.7. The first-order valence-electron chi connectivity index (χ1n) is 10.6. The molecule has 3 aromatic rings. The molecule has 0 saturated carbocycles. The van der Waals surface area contributed by atoms with Gasteiger partial charge in [0.25, 0.3) is 5.91 Å². The number of amides is 2. The minimum Gasteiger partial charge on any atom is -0.367 e. The highest BCUT2D eigenvalue weighted by atomic mass is 19.1. The number of morpholine rings is 1. The Morgan fingerprint density at radius 1 is 0.938 bits per heavy atom. The van der Waals surface area contributed by atoms with Crippen molar-refractivity contribution >= 4 is 11.8 Å². The van der Waals surface area contributed by atoms with Gasteiger partial charge in [0.2, 0.25) is 5.91 Å². The van der Waals surface area contributed by atoms with Crippen LogP contribution in [0.15, 0.2) is 78.9 Å². The van der Waals surface area contributed by atoms with Crippen molar-refractivity contribution in [3.05, 3.63) is 95.8 Å². The molecule has 1 atom stereocenters. The highest BCUT2D eigenvalue weighted by Gasteiger charge is 2.43. The maximum Gasteiger partial charge on any atom is 0.251 e. The first-order valence-corrected chi connectivity index (χ1v) is 10.6. The molecule has 6 heteroatoms. The molecule has 0 aliphatic carbocycles. The van der Waals surface area contributed by atoms with E-state index in [4.69, 9.17) is 10.5 Å². The van der Waals surface area contributed by atoms with E-state index in [9.17, 15) is 14.0 Å². The molecular formula is C26H25FN2O3. The number of benzene rings is 3. The van der Waals surface area contributed by atoms with E-state index < -0.39 is 11.5 Å². The number of rotatable bonds is 6. The summed E-state index contributed by atoms with van der Waals surface area (Å²) in [5.74, 6) is -1.09. The number of ether oxygens (including phenoxy) is 1. The van der Waals surface area contributed by atoms with Crippen molar-refractivity contribution in [1.29, 1.82) is 0 Å². The van der Waals surface area contributed by atoms with Crippen LogP contribution in [-0.2, 0) is 27.2 Å². The normalized spacial score (nSPS) is 18.3. The topological polar surface area (TPSA) is 72.6 Å². The quantitative estimate of drug-likeness (QED) is 0.649. The Balaban J connectivity index is 1.52. The van der Waals surface area contributed by atoms with Gasteiger partial charge in [-0.25, -0.2) is 4.39 Å². The van der Waals surface area contributed by atoms with Gasteiger partial charge in [-0.1, -0.05) is 66.7 Å². The summed E-state index contributed by atoms with van der Waals surface area (Å²) in [5.41, 5.74) is 8.20. The average molecular weight is 432 g/mol. The van der Waals surface area contributed by atoms with Crippen LogP contribution in [0.2, 0.25) is 0 Å². The number of carbonyl (C=O) groups excluding carboxylic acids is 2. The van der Waals surface area contributed by atoms with Crippen LogP contribution >= 0.6 is 0 Å². The SMILES string of the molecule is NC(=O)[C@]1(Cc2cccc(-c3ccccc3)c2)CN(C(=O)Cc2ccc(F)cc2)CCO1. The van der Waals surface area contributed by atoms with E-state index in [1.165, 1.54) is 12.1 Å². The maximum absolute atomic E-state index is 13.1. The van der Waals surface area contributed by atoms with E-state index in [0.29, 0.717) is 12.1 Å².